The fraction of sp³-hybridized carbons (Fsp3) is 0.857. The Labute approximate surface area is 77.3 Å². The van der Waals surface area contributed by atoms with Crippen molar-refractivity contribution in [1.82, 2.24) is 4.90 Å². The second kappa shape index (κ2) is 3.63. The molecule has 0 bridgehead atoms. The maximum atomic E-state index is 11.1. The summed E-state index contributed by atoms with van der Waals surface area (Å²) in [5.41, 5.74) is 0. The first-order valence-corrected chi connectivity index (χ1v) is 5.92. The lowest BCUT2D eigenvalue weighted by atomic mass is 10.2. The van der Waals surface area contributed by atoms with Gasteiger partial charge in [-0.05, 0) is 6.92 Å². The largest absolute Gasteiger partial charge is 0.390 e. The lowest BCUT2D eigenvalue weighted by Gasteiger charge is -2.24. The second-order valence-corrected chi connectivity index (χ2v) is 5.30. The molecule has 1 saturated heterocycles. The molecule has 0 aromatic rings. The van der Waals surface area contributed by atoms with Crippen molar-refractivity contribution in [3.05, 3.63) is 0 Å². The molecule has 13 heavy (non-hydrogen) atoms. The van der Waals surface area contributed by atoms with Crippen LogP contribution in [0.1, 0.15) is 6.92 Å². The Hall–Kier alpha value is -0.620. The van der Waals surface area contributed by atoms with E-state index in [1.165, 1.54) is 4.90 Å². The summed E-state index contributed by atoms with van der Waals surface area (Å²) in [5.74, 6) is -0.358. The van der Waals surface area contributed by atoms with Gasteiger partial charge in [0.25, 0.3) is 0 Å². The Morgan fingerprint density at radius 2 is 2.15 bits per heavy atom. The van der Waals surface area contributed by atoms with Crippen LogP contribution in [0.4, 0.5) is 0 Å². The zero-order chi connectivity index (χ0) is 10.1. The molecule has 0 aromatic carbocycles. The molecule has 0 aromatic heterocycles. The molecular formula is C7H13NO4S. The number of aliphatic hydroxyl groups is 1. The van der Waals surface area contributed by atoms with Gasteiger partial charge in [-0.15, -0.1) is 0 Å². The van der Waals surface area contributed by atoms with Crippen molar-refractivity contribution in [3.8, 4) is 0 Å². The zero-order valence-electron chi connectivity index (χ0n) is 7.38. The summed E-state index contributed by atoms with van der Waals surface area (Å²) in [4.78, 5) is 11.8. The van der Waals surface area contributed by atoms with Crippen molar-refractivity contribution in [2.75, 3.05) is 18.1 Å². The number of rotatable bonds is 3. The highest BCUT2D eigenvalue weighted by Crippen LogP contribution is 2.16. The van der Waals surface area contributed by atoms with E-state index in [1.807, 2.05) is 0 Å². The molecule has 2 atom stereocenters. The summed E-state index contributed by atoms with van der Waals surface area (Å²) in [6.45, 7) is 2.16. The first-order valence-electron chi connectivity index (χ1n) is 4.09. The van der Waals surface area contributed by atoms with Crippen LogP contribution in [-0.4, -0.2) is 55.0 Å². The van der Waals surface area contributed by atoms with E-state index < -0.39 is 22.0 Å². The van der Waals surface area contributed by atoms with Gasteiger partial charge in [-0.1, -0.05) is 0 Å². The summed E-state index contributed by atoms with van der Waals surface area (Å²) >= 11 is 0. The highest BCUT2D eigenvalue weighted by Gasteiger charge is 2.39. The van der Waals surface area contributed by atoms with E-state index in [2.05, 4.69) is 0 Å². The van der Waals surface area contributed by atoms with Crippen LogP contribution >= 0.6 is 0 Å². The van der Waals surface area contributed by atoms with Crippen LogP contribution < -0.4 is 0 Å². The maximum absolute atomic E-state index is 11.1. The molecule has 1 aliphatic heterocycles. The Morgan fingerprint density at radius 3 is 2.46 bits per heavy atom. The normalized spacial score (nSPS) is 31.5. The Kier molecular flexibility index (Phi) is 2.92. The van der Waals surface area contributed by atoms with Crippen molar-refractivity contribution < 1.29 is 18.3 Å². The SMILES string of the molecule is CCN(C=O)[C@@H]1CS(=O)(=O)C[C@H]1O. The number of sulfone groups is 1. The van der Waals surface area contributed by atoms with Crippen LogP contribution in [0.15, 0.2) is 0 Å². The second-order valence-electron chi connectivity index (χ2n) is 3.15. The molecule has 1 fully saturated rings. The van der Waals surface area contributed by atoms with Crippen LogP contribution in [0, 0.1) is 0 Å². The van der Waals surface area contributed by atoms with Crippen molar-refractivity contribution in [2.45, 2.75) is 19.1 Å². The lowest BCUT2D eigenvalue weighted by molar-refractivity contribution is -0.121. The van der Waals surface area contributed by atoms with E-state index in [-0.39, 0.29) is 11.5 Å². The summed E-state index contributed by atoms with van der Waals surface area (Å²) in [5, 5.41) is 9.38. The van der Waals surface area contributed by atoms with Gasteiger partial charge >= 0.3 is 0 Å². The third-order valence-corrected chi connectivity index (χ3v) is 3.92. The Bertz CT molecular complexity index is 287. The van der Waals surface area contributed by atoms with Gasteiger partial charge in [-0.3, -0.25) is 4.79 Å². The predicted molar refractivity (Wildman–Crippen MR) is 46.9 cm³/mol. The molecule has 1 rings (SSSR count). The van der Waals surface area contributed by atoms with Gasteiger partial charge in [0, 0.05) is 6.54 Å². The highest BCUT2D eigenvalue weighted by molar-refractivity contribution is 7.91. The molecule has 1 aliphatic rings. The number of carbonyl (C=O) groups is 1. The number of likely N-dealkylation sites (N-methyl/N-ethyl adjacent to an activating group) is 1. The van der Waals surface area contributed by atoms with Crippen LogP contribution in [0.3, 0.4) is 0 Å². The number of hydrogen-bond acceptors (Lipinski definition) is 4. The molecule has 0 radical (unpaired) electrons. The number of amides is 1. The van der Waals surface area contributed by atoms with Gasteiger partial charge in [0.15, 0.2) is 9.84 Å². The topological polar surface area (TPSA) is 74.7 Å². The number of hydrogen-bond donors (Lipinski definition) is 1. The van der Waals surface area contributed by atoms with Crippen LogP contribution in [0.25, 0.3) is 0 Å². The van der Waals surface area contributed by atoms with Gasteiger partial charge < -0.3 is 10.0 Å². The number of aliphatic hydroxyl groups excluding tert-OH is 1. The summed E-state index contributed by atoms with van der Waals surface area (Å²) in [7, 11) is -3.16. The molecular weight excluding hydrogens is 194 g/mol. The monoisotopic (exact) mass is 207 g/mol. The summed E-state index contributed by atoms with van der Waals surface area (Å²) < 4.78 is 22.2. The van der Waals surface area contributed by atoms with E-state index in [0.717, 1.165) is 0 Å². The average Bonchev–Trinajstić information content (AvgIpc) is 2.28. The fourth-order valence-electron chi connectivity index (χ4n) is 1.51. The third kappa shape index (κ3) is 2.19. The molecule has 0 spiro atoms. The van der Waals surface area contributed by atoms with Crippen LogP contribution in [0.2, 0.25) is 0 Å². The van der Waals surface area contributed by atoms with E-state index in [1.54, 1.807) is 6.92 Å². The Balaban J connectivity index is 2.77. The standard InChI is InChI=1S/C7H13NO4S/c1-2-8(5-9)6-3-13(11,12)4-7(6)10/h5-7,10H,2-4H2,1H3/t6-,7-/m1/s1. The first kappa shape index (κ1) is 10.5. The van der Waals surface area contributed by atoms with E-state index >= 15 is 0 Å². The highest BCUT2D eigenvalue weighted by atomic mass is 32.2. The predicted octanol–water partition coefficient (Wildman–Crippen LogP) is -1.38. The quantitative estimate of drug-likeness (QED) is 0.579. The minimum atomic E-state index is -3.16. The van der Waals surface area contributed by atoms with Crippen molar-refractivity contribution in [1.29, 1.82) is 0 Å². The molecule has 1 heterocycles. The Morgan fingerprint density at radius 1 is 1.54 bits per heavy atom. The molecule has 0 saturated carbocycles. The van der Waals surface area contributed by atoms with E-state index in [0.29, 0.717) is 13.0 Å². The molecule has 1 amide bonds. The first-order chi connectivity index (χ1) is 6.00. The van der Waals surface area contributed by atoms with Gasteiger partial charge in [0.05, 0.1) is 23.7 Å². The van der Waals surface area contributed by atoms with Crippen molar-refractivity contribution in [2.24, 2.45) is 0 Å². The van der Waals surface area contributed by atoms with Crippen LogP contribution in [0.5, 0.6) is 0 Å². The van der Waals surface area contributed by atoms with Gasteiger partial charge in [0.1, 0.15) is 0 Å². The van der Waals surface area contributed by atoms with Gasteiger partial charge in [0.2, 0.25) is 6.41 Å². The van der Waals surface area contributed by atoms with Gasteiger partial charge in [-0.2, -0.15) is 0 Å². The summed E-state index contributed by atoms with van der Waals surface area (Å²) in [6, 6.07) is -0.563. The minimum absolute atomic E-state index is 0.124. The average molecular weight is 207 g/mol. The van der Waals surface area contributed by atoms with E-state index in [4.69, 9.17) is 0 Å². The van der Waals surface area contributed by atoms with E-state index in [9.17, 15) is 18.3 Å². The maximum Gasteiger partial charge on any atom is 0.210 e. The molecule has 0 unspecified atom stereocenters. The fourth-order valence-corrected chi connectivity index (χ4v) is 3.33. The third-order valence-electron chi connectivity index (χ3n) is 2.22. The smallest absolute Gasteiger partial charge is 0.210 e. The van der Waals surface area contributed by atoms with Crippen molar-refractivity contribution >= 4 is 16.2 Å². The molecule has 6 heteroatoms. The molecule has 5 nitrogen and oxygen atoms in total. The molecule has 76 valence electrons. The molecule has 1 N–H and O–H groups in total. The number of carbonyl (C=O) groups excluding carboxylic acids is 1. The zero-order valence-corrected chi connectivity index (χ0v) is 8.20. The van der Waals surface area contributed by atoms with Crippen molar-refractivity contribution in [3.63, 3.8) is 0 Å². The number of nitrogens with zero attached hydrogens (tertiary/aromatic N) is 1. The molecule has 0 aliphatic carbocycles. The minimum Gasteiger partial charge on any atom is -0.390 e. The summed E-state index contributed by atoms with van der Waals surface area (Å²) in [6.07, 6.45) is -0.357. The van der Waals surface area contributed by atoms with Gasteiger partial charge in [-0.25, -0.2) is 8.42 Å². The van der Waals surface area contributed by atoms with Crippen LogP contribution in [-0.2, 0) is 14.6 Å². The lowest BCUT2D eigenvalue weighted by Crippen LogP contribution is -2.42.